The van der Waals surface area contributed by atoms with Crippen LogP contribution in [0.4, 0.5) is 4.79 Å². The van der Waals surface area contributed by atoms with Gasteiger partial charge in [0.25, 0.3) is 5.91 Å². The average molecular weight is 387 g/mol. The number of amides is 4. The van der Waals surface area contributed by atoms with E-state index in [1.807, 2.05) is 24.3 Å². The van der Waals surface area contributed by atoms with Gasteiger partial charge in [0.05, 0.1) is 6.54 Å². The number of likely N-dealkylation sites (N-methyl/N-ethyl adjacent to an activating group) is 1. The fraction of sp³-hybridized carbons (Fsp3) is 0.550. The maximum absolute atomic E-state index is 12.9. The second kappa shape index (κ2) is 7.33. The molecule has 1 atom stereocenters. The molecule has 0 radical (unpaired) electrons. The minimum atomic E-state index is -0.764. The number of nitrogens with one attached hydrogen (secondary N) is 1. The molecule has 2 fully saturated rings. The molecule has 3 aliphatic rings. The van der Waals surface area contributed by atoms with Gasteiger partial charge in [-0.25, -0.2) is 4.79 Å². The Kier molecular flexibility index (Phi) is 4.87. The number of hydrogen-bond acceptors (Lipinski definition) is 5. The topological polar surface area (TPSA) is 88.2 Å². The summed E-state index contributed by atoms with van der Waals surface area (Å²) in [6.45, 7) is 0.295. The van der Waals surface area contributed by atoms with Crippen LogP contribution >= 0.6 is 0 Å². The number of imide groups is 1. The monoisotopic (exact) mass is 387 g/mol. The number of para-hydroxylation sites is 2. The van der Waals surface area contributed by atoms with Gasteiger partial charge >= 0.3 is 6.03 Å². The number of benzene rings is 1. The maximum Gasteiger partial charge on any atom is 0.327 e. The molecule has 4 rings (SSSR count). The average Bonchev–Trinajstić information content (AvgIpc) is 2.89. The van der Waals surface area contributed by atoms with Crippen LogP contribution in [0.1, 0.15) is 32.1 Å². The van der Waals surface area contributed by atoms with E-state index in [9.17, 15) is 14.4 Å². The van der Waals surface area contributed by atoms with E-state index in [0.717, 1.165) is 24.2 Å². The van der Waals surface area contributed by atoms with Gasteiger partial charge < -0.3 is 19.7 Å². The molecule has 4 amide bonds. The summed E-state index contributed by atoms with van der Waals surface area (Å²) in [4.78, 5) is 40.5. The van der Waals surface area contributed by atoms with Crippen molar-refractivity contribution in [2.75, 3.05) is 26.7 Å². The molecule has 8 heteroatoms. The number of urea groups is 1. The van der Waals surface area contributed by atoms with Crippen LogP contribution < -0.4 is 14.8 Å². The number of nitrogens with zero attached hydrogens (tertiary/aromatic N) is 2. The Morgan fingerprint density at radius 3 is 2.64 bits per heavy atom. The van der Waals surface area contributed by atoms with Crippen LogP contribution in [0.3, 0.4) is 0 Å². The Labute approximate surface area is 163 Å². The van der Waals surface area contributed by atoms with Crippen molar-refractivity contribution < 1.29 is 23.9 Å². The predicted octanol–water partition coefficient (Wildman–Crippen LogP) is 1.54. The van der Waals surface area contributed by atoms with Crippen LogP contribution in [0.15, 0.2) is 24.3 Å². The first-order valence-corrected chi connectivity index (χ1v) is 9.76. The van der Waals surface area contributed by atoms with Crippen LogP contribution in [0, 0.1) is 0 Å². The predicted molar refractivity (Wildman–Crippen MR) is 100 cm³/mol. The number of ether oxygens (including phenoxy) is 2. The Hall–Kier alpha value is -2.77. The highest BCUT2D eigenvalue weighted by atomic mass is 16.6. The van der Waals surface area contributed by atoms with Crippen molar-refractivity contribution in [2.24, 2.45) is 0 Å². The van der Waals surface area contributed by atoms with Gasteiger partial charge in [-0.1, -0.05) is 31.4 Å². The third kappa shape index (κ3) is 3.16. The Morgan fingerprint density at radius 2 is 1.89 bits per heavy atom. The smallest absolute Gasteiger partial charge is 0.327 e. The summed E-state index contributed by atoms with van der Waals surface area (Å²) >= 11 is 0. The van der Waals surface area contributed by atoms with E-state index in [2.05, 4.69) is 5.32 Å². The molecule has 1 saturated heterocycles. The highest BCUT2D eigenvalue weighted by Gasteiger charge is 2.55. The molecule has 1 saturated carbocycles. The number of carbonyl (C=O) groups is 3. The van der Waals surface area contributed by atoms with Crippen LogP contribution in [-0.4, -0.2) is 66.0 Å². The molecule has 150 valence electrons. The zero-order valence-electron chi connectivity index (χ0n) is 16.0. The van der Waals surface area contributed by atoms with Crippen molar-refractivity contribution in [3.05, 3.63) is 24.3 Å². The molecule has 28 heavy (non-hydrogen) atoms. The van der Waals surface area contributed by atoms with Crippen molar-refractivity contribution in [1.29, 1.82) is 0 Å². The molecule has 2 aliphatic heterocycles. The van der Waals surface area contributed by atoms with Gasteiger partial charge in [0.2, 0.25) is 5.91 Å². The summed E-state index contributed by atoms with van der Waals surface area (Å²) in [6.07, 6.45) is 3.92. The third-order valence-corrected chi connectivity index (χ3v) is 5.88. The van der Waals surface area contributed by atoms with Crippen molar-refractivity contribution in [3.8, 4) is 11.5 Å². The Bertz CT molecular complexity index is 790. The summed E-state index contributed by atoms with van der Waals surface area (Å²) in [5, 5.41) is 2.75. The molecule has 1 spiro atoms. The van der Waals surface area contributed by atoms with Gasteiger partial charge in [0.1, 0.15) is 24.8 Å². The summed E-state index contributed by atoms with van der Waals surface area (Å²) in [5.74, 6) is 0.685. The van der Waals surface area contributed by atoms with E-state index >= 15 is 0 Å². The molecule has 8 nitrogen and oxygen atoms in total. The molecular weight excluding hydrogens is 362 g/mol. The summed E-state index contributed by atoms with van der Waals surface area (Å²) in [6, 6.07) is 6.96. The van der Waals surface area contributed by atoms with Gasteiger partial charge in [-0.3, -0.25) is 14.5 Å². The number of rotatable bonds is 4. The van der Waals surface area contributed by atoms with Gasteiger partial charge in [-0.15, -0.1) is 0 Å². The van der Waals surface area contributed by atoms with Crippen molar-refractivity contribution in [3.63, 3.8) is 0 Å². The lowest BCUT2D eigenvalue weighted by Crippen LogP contribution is -2.50. The molecular formula is C20H25N3O5. The van der Waals surface area contributed by atoms with E-state index in [0.29, 0.717) is 30.9 Å². The lowest BCUT2D eigenvalue weighted by molar-refractivity contribution is -0.137. The van der Waals surface area contributed by atoms with Gasteiger partial charge in [0, 0.05) is 7.05 Å². The summed E-state index contributed by atoms with van der Waals surface area (Å²) < 4.78 is 11.4. The minimum absolute atomic E-state index is 0.240. The van der Waals surface area contributed by atoms with Gasteiger partial charge in [-0.05, 0) is 25.0 Å². The van der Waals surface area contributed by atoms with Crippen molar-refractivity contribution in [1.82, 2.24) is 15.1 Å². The van der Waals surface area contributed by atoms with Crippen LogP contribution in [0.25, 0.3) is 0 Å². The first kappa shape index (κ1) is 18.6. The van der Waals surface area contributed by atoms with Crippen molar-refractivity contribution in [2.45, 2.75) is 43.7 Å². The fourth-order valence-corrected chi connectivity index (χ4v) is 4.26. The molecule has 0 aromatic heterocycles. The lowest BCUT2D eigenvalue weighted by atomic mass is 9.81. The quantitative estimate of drug-likeness (QED) is 0.792. The lowest BCUT2D eigenvalue weighted by Gasteiger charge is -2.35. The van der Waals surface area contributed by atoms with E-state index in [1.165, 1.54) is 4.90 Å². The van der Waals surface area contributed by atoms with E-state index in [-0.39, 0.29) is 31.0 Å². The largest absolute Gasteiger partial charge is 0.486 e. The zero-order chi connectivity index (χ0) is 19.7. The molecule has 2 heterocycles. The summed E-state index contributed by atoms with van der Waals surface area (Å²) in [7, 11) is 1.66. The second-order valence-electron chi connectivity index (χ2n) is 7.63. The van der Waals surface area contributed by atoms with E-state index < -0.39 is 11.6 Å². The standard InChI is InChI=1S/C20H25N3O5/c1-22-19(26)23(18(25)20(22)9-5-2-6-10-20)12-17(24)21-11-14-13-27-15-7-3-4-8-16(15)28-14/h3-4,7-8,14H,2,5-6,9-13H2,1H3,(H,21,24). The Balaban J connectivity index is 1.33. The van der Waals surface area contributed by atoms with Gasteiger partial charge in [-0.2, -0.15) is 0 Å². The van der Waals surface area contributed by atoms with E-state index in [4.69, 9.17) is 9.47 Å². The van der Waals surface area contributed by atoms with Crippen molar-refractivity contribution >= 4 is 17.8 Å². The Morgan fingerprint density at radius 1 is 1.18 bits per heavy atom. The second-order valence-corrected chi connectivity index (χ2v) is 7.63. The molecule has 1 aromatic carbocycles. The number of fused-ring (bicyclic) bond motifs is 1. The third-order valence-electron chi connectivity index (χ3n) is 5.88. The van der Waals surface area contributed by atoms with Gasteiger partial charge in [0.15, 0.2) is 11.5 Å². The fourth-order valence-electron chi connectivity index (χ4n) is 4.26. The van der Waals surface area contributed by atoms with Crippen LogP contribution in [0.2, 0.25) is 0 Å². The SMILES string of the molecule is CN1C(=O)N(CC(=O)NCC2COc3ccccc3O2)C(=O)C12CCCCC2. The first-order chi connectivity index (χ1) is 13.5. The highest BCUT2D eigenvalue weighted by molar-refractivity contribution is 6.08. The minimum Gasteiger partial charge on any atom is -0.486 e. The molecule has 1 aliphatic carbocycles. The molecule has 1 N–H and O–H groups in total. The summed E-state index contributed by atoms with van der Waals surface area (Å²) in [5.41, 5.74) is -0.764. The maximum atomic E-state index is 12.9. The molecule has 1 aromatic rings. The normalized spacial score (nSPS) is 23.2. The number of hydrogen-bond donors (Lipinski definition) is 1. The van der Waals surface area contributed by atoms with E-state index in [1.54, 1.807) is 7.05 Å². The van der Waals surface area contributed by atoms with Crippen LogP contribution in [-0.2, 0) is 9.59 Å². The molecule has 1 unspecified atom stereocenters. The first-order valence-electron chi connectivity index (χ1n) is 9.76. The highest BCUT2D eigenvalue weighted by Crippen LogP contribution is 2.39. The van der Waals surface area contributed by atoms with Crippen LogP contribution in [0.5, 0.6) is 11.5 Å². The zero-order valence-corrected chi connectivity index (χ0v) is 16.0. The number of carbonyl (C=O) groups excluding carboxylic acids is 3. The molecule has 0 bridgehead atoms.